The van der Waals surface area contributed by atoms with Gasteiger partial charge in [-0.05, 0) is 86.8 Å². The second-order valence-electron chi connectivity index (χ2n) is 11.7. The first kappa shape index (κ1) is 22.5. The van der Waals surface area contributed by atoms with E-state index in [-0.39, 0.29) is 0 Å². The molecule has 2 aliphatic rings. The van der Waals surface area contributed by atoms with Crippen molar-refractivity contribution in [1.29, 1.82) is 0 Å². The van der Waals surface area contributed by atoms with Crippen molar-refractivity contribution in [3.8, 4) is 22.4 Å². The number of alkyl halides is 3. The fraction of sp³-hybridized carbons (Fsp3) is 0.242. The van der Waals surface area contributed by atoms with Gasteiger partial charge in [-0.2, -0.15) is 13.2 Å². The highest BCUT2D eigenvalue weighted by Gasteiger charge is 2.50. The summed E-state index contributed by atoms with van der Waals surface area (Å²) in [5.41, 5.74) is 7.50. The van der Waals surface area contributed by atoms with Crippen molar-refractivity contribution in [3.63, 3.8) is 0 Å². The predicted octanol–water partition coefficient (Wildman–Crippen LogP) is 9.33. The zero-order valence-corrected chi connectivity index (χ0v) is 21.4. The Labute approximate surface area is 214 Å². The lowest BCUT2D eigenvalue weighted by molar-refractivity contribution is -0.137. The van der Waals surface area contributed by atoms with E-state index in [1.807, 2.05) is 6.20 Å². The zero-order chi connectivity index (χ0) is 26.1. The maximum absolute atomic E-state index is 14.0. The maximum Gasteiger partial charge on any atom is 0.416 e. The van der Waals surface area contributed by atoms with Gasteiger partial charge in [0.05, 0.1) is 11.3 Å². The number of aromatic nitrogens is 1. The number of aryl methyl sites for hydroxylation is 1. The number of halogens is 3. The minimum Gasteiger partial charge on any atom is -0.256 e. The monoisotopic (exact) mass is 493 g/mol. The van der Waals surface area contributed by atoms with Gasteiger partial charge in [0, 0.05) is 28.0 Å². The summed E-state index contributed by atoms with van der Waals surface area (Å²) in [6.45, 7) is 10.3. The van der Waals surface area contributed by atoms with E-state index in [1.54, 1.807) is 0 Å². The van der Waals surface area contributed by atoms with Crippen molar-refractivity contribution in [2.75, 3.05) is 0 Å². The fourth-order valence-electron chi connectivity index (χ4n) is 6.90. The normalized spacial score (nSPS) is 16.5. The number of benzene rings is 4. The molecule has 4 aromatic carbocycles. The second-order valence-corrected chi connectivity index (χ2v) is 11.7. The molecular weight excluding hydrogens is 467 g/mol. The van der Waals surface area contributed by atoms with Crippen LogP contribution in [0.4, 0.5) is 13.2 Å². The van der Waals surface area contributed by atoms with Gasteiger partial charge in [-0.15, -0.1) is 0 Å². The van der Waals surface area contributed by atoms with Gasteiger partial charge in [0.15, 0.2) is 0 Å². The lowest BCUT2D eigenvalue weighted by Gasteiger charge is -2.31. The van der Waals surface area contributed by atoms with E-state index < -0.39 is 22.6 Å². The summed E-state index contributed by atoms with van der Waals surface area (Å²) in [6, 6.07) is 19.7. The number of pyridine rings is 1. The Balaban J connectivity index is 1.59. The Morgan fingerprint density at radius 3 is 2.05 bits per heavy atom. The molecule has 0 saturated heterocycles. The lowest BCUT2D eigenvalue weighted by atomic mass is 9.72. The van der Waals surface area contributed by atoms with Crippen molar-refractivity contribution in [2.45, 2.75) is 51.6 Å². The van der Waals surface area contributed by atoms with Gasteiger partial charge >= 0.3 is 6.18 Å². The topological polar surface area (TPSA) is 12.9 Å². The molecule has 0 saturated carbocycles. The lowest BCUT2D eigenvalue weighted by Crippen LogP contribution is -2.23. The van der Waals surface area contributed by atoms with E-state index in [9.17, 15) is 13.2 Å². The number of fused-ring (bicyclic) bond motifs is 4. The molecule has 0 atom stereocenters. The summed E-state index contributed by atoms with van der Waals surface area (Å²) >= 11 is 0. The van der Waals surface area contributed by atoms with E-state index >= 15 is 0 Å². The van der Waals surface area contributed by atoms with E-state index in [1.165, 1.54) is 17.7 Å². The molecule has 0 radical (unpaired) electrons. The highest BCUT2D eigenvalue weighted by molar-refractivity contribution is 6.15. The molecule has 37 heavy (non-hydrogen) atoms. The predicted molar refractivity (Wildman–Crippen MR) is 144 cm³/mol. The molecule has 184 valence electrons. The van der Waals surface area contributed by atoms with Crippen LogP contribution in [-0.2, 0) is 17.0 Å². The van der Waals surface area contributed by atoms with Gasteiger partial charge in [-0.25, -0.2) is 0 Å². The molecule has 4 heteroatoms. The second kappa shape index (κ2) is 6.80. The Morgan fingerprint density at radius 2 is 1.35 bits per heavy atom. The number of nitrogens with zero attached hydrogens (tertiary/aromatic N) is 1. The Kier molecular flexibility index (Phi) is 4.14. The molecule has 1 heterocycles. The van der Waals surface area contributed by atoms with Gasteiger partial charge in [-0.3, -0.25) is 4.98 Å². The maximum atomic E-state index is 14.0. The van der Waals surface area contributed by atoms with Crippen LogP contribution in [0.5, 0.6) is 0 Å². The third kappa shape index (κ3) is 2.79. The Morgan fingerprint density at radius 1 is 0.676 bits per heavy atom. The average molecular weight is 494 g/mol. The molecule has 7 rings (SSSR count). The quantitative estimate of drug-likeness (QED) is 0.212. The first-order valence-electron chi connectivity index (χ1n) is 12.6. The molecule has 0 fully saturated rings. The molecule has 5 aromatic rings. The first-order chi connectivity index (χ1) is 17.4. The van der Waals surface area contributed by atoms with Crippen LogP contribution in [0.2, 0.25) is 0 Å². The van der Waals surface area contributed by atoms with Crippen molar-refractivity contribution in [3.05, 3.63) is 100 Å². The zero-order valence-electron chi connectivity index (χ0n) is 21.4. The summed E-state index contributed by atoms with van der Waals surface area (Å²) in [4.78, 5) is 4.75. The molecule has 0 bridgehead atoms. The highest BCUT2D eigenvalue weighted by atomic mass is 19.4. The minimum absolute atomic E-state index is 0.533. The van der Waals surface area contributed by atoms with Gasteiger partial charge in [-0.1, -0.05) is 63.6 Å². The highest BCUT2D eigenvalue weighted by Crippen LogP contribution is 2.63. The van der Waals surface area contributed by atoms with Crippen LogP contribution < -0.4 is 0 Å². The van der Waals surface area contributed by atoms with Crippen molar-refractivity contribution >= 4 is 21.5 Å². The average Bonchev–Trinajstić information content (AvgIpc) is 3.22. The van der Waals surface area contributed by atoms with Gasteiger partial charge < -0.3 is 0 Å². The summed E-state index contributed by atoms with van der Waals surface area (Å²) in [6.07, 6.45) is -2.52. The smallest absolute Gasteiger partial charge is 0.256 e. The van der Waals surface area contributed by atoms with E-state index in [0.29, 0.717) is 0 Å². The van der Waals surface area contributed by atoms with E-state index in [2.05, 4.69) is 83.1 Å². The number of hydrogen-bond donors (Lipinski definition) is 0. The molecule has 0 amide bonds. The fourth-order valence-corrected chi connectivity index (χ4v) is 6.90. The Bertz CT molecular complexity index is 1820. The summed E-state index contributed by atoms with van der Waals surface area (Å²) in [5, 5.41) is 4.43. The molecule has 1 nitrogen and oxygen atoms in total. The summed E-state index contributed by atoms with van der Waals surface area (Å²) < 4.78 is 41.9. The van der Waals surface area contributed by atoms with Crippen LogP contribution in [0.3, 0.4) is 0 Å². The van der Waals surface area contributed by atoms with Crippen LogP contribution in [0.25, 0.3) is 43.9 Å². The summed E-state index contributed by atoms with van der Waals surface area (Å²) in [5.74, 6) is 0. The van der Waals surface area contributed by atoms with Crippen molar-refractivity contribution in [1.82, 2.24) is 4.98 Å². The van der Waals surface area contributed by atoms with Crippen molar-refractivity contribution in [2.24, 2.45) is 0 Å². The molecular formula is C33H26F3N. The number of rotatable bonds is 1. The Hall–Kier alpha value is -3.66. The SMILES string of the molecule is Cc1cccc(-c2nccc3c2ccc2c4c5c(cc23)C(C)(C)c2cc(C(F)(F)F)cc(c2-5)C4(C)C)c1. The molecule has 0 spiro atoms. The van der Waals surface area contributed by atoms with Crippen LogP contribution in [0, 0.1) is 6.92 Å². The van der Waals surface area contributed by atoms with Crippen LogP contribution in [-0.4, -0.2) is 4.98 Å². The van der Waals surface area contributed by atoms with Gasteiger partial charge in [0.2, 0.25) is 0 Å². The standard InChI is InChI=1S/C33H26F3N/c1-17-7-6-8-18(13-17)30-22-10-9-21-23(20(22)11-12-37-30)16-26-28-27-24(31(26,2)3)14-19(33(34,35)36)15-25(27)32(4,5)29(21)28/h6-16H,1-5H3. The van der Waals surface area contributed by atoms with E-state index in [4.69, 9.17) is 4.98 Å². The van der Waals surface area contributed by atoms with Gasteiger partial charge in [0.1, 0.15) is 0 Å². The molecule has 1 aromatic heterocycles. The third-order valence-electron chi connectivity index (χ3n) is 8.72. The van der Waals surface area contributed by atoms with E-state index in [0.717, 1.165) is 66.2 Å². The molecule has 0 N–H and O–H groups in total. The van der Waals surface area contributed by atoms with Gasteiger partial charge in [0.25, 0.3) is 0 Å². The minimum atomic E-state index is -4.38. The van der Waals surface area contributed by atoms with Crippen LogP contribution in [0.15, 0.2) is 66.9 Å². The number of hydrogen-bond acceptors (Lipinski definition) is 1. The van der Waals surface area contributed by atoms with Crippen LogP contribution >= 0.6 is 0 Å². The third-order valence-corrected chi connectivity index (χ3v) is 8.72. The summed E-state index contributed by atoms with van der Waals surface area (Å²) in [7, 11) is 0. The largest absolute Gasteiger partial charge is 0.416 e. The van der Waals surface area contributed by atoms with Crippen LogP contribution in [0.1, 0.15) is 61.1 Å². The van der Waals surface area contributed by atoms with Crippen molar-refractivity contribution < 1.29 is 13.2 Å². The molecule has 2 aliphatic carbocycles. The molecule has 0 aliphatic heterocycles. The first-order valence-corrected chi connectivity index (χ1v) is 12.6. The molecule has 0 unspecified atom stereocenters.